The zero-order valence-electron chi connectivity index (χ0n) is 15.5. The molecule has 134 valence electrons. The Labute approximate surface area is 140 Å². The van der Waals surface area contributed by atoms with E-state index in [4.69, 9.17) is 9.84 Å². The van der Waals surface area contributed by atoms with Gasteiger partial charge >= 0.3 is 0 Å². The van der Waals surface area contributed by atoms with E-state index in [0.717, 1.165) is 18.9 Å². The molecule has 0 aliphatic rings. The first-order valence-corrected chi connectivity index (χ1v) is 9.99. The number of hydrogen-bond donors (Lipinski definition) is 1. The highest BCUT2D eigenvalue weighted by atomic mass is 16.5. The molecule has 0 spiro atoms. The third-order valence-corrected chi connectivity index (χ3v) is 4.63. The van der Waals surface area contributed by atoms with Crippen LogP contribution in [0.25, 0.3) is 0 Å². The fourth-order valence-corrected chi connectivity index (χ4v) is 2.76. The number of rotatable bonds is 18. The van der Waals surface area contributed by atoms with E-state index in [1.54, 1.807) is 0 Å². The Morgan fingerprint density at radius 2 is 1.14 bits per heavy atom. The Bertz CT molecular complexity index is 194. The first-order valence-electron chi connectivity index (χ1n) is 9.99. The summed E-state index contributed by atoms with van der Waals surface area (Å²) in [5.74, 6) is 0.931. The lowest BCUT2D eigenvalue weighted by molar-refractivity contribution is 0.112. The van der Waals surface area contributed by atoms with Crippen LogP contribution in [0.5, 0.6) is 0 Å². The quantitative estimate of drug-likeness (QED) is 0.309. The van der Waals surface area contributed by atoms with Gasteiger partial charge in [-0.05, 0) is 18.8 Å². The van der Waals surface area contributed by atoms with Crippen molar-refractivity contribution in [1.29, 1.82) is 0 Å². The number of unbranched alkanes of at least 4 members (excludes halogenated alkanes) is 10. The van der Waals surface area contributed by atoms with Gasteiger partial charge in [-0.25, -0.2) is 0 Å². The highest BCUT2D eigenvalue weighted by Gasteiger charge is 1.98. The second kappa shape index (κ2) is 19.0. The highest BCUT2D eigenvalue weighted by Crippen LogP contribution is 2.15. The largest absolute Gasteiger partial charge is 0.396 e. The minimum Gasteiger partial charge on any atom is -0.396 e. The van der Waals surface area contributed by atoms with Crippen LogP contribution in [0.15, 0.2) is 0 Å². The van der Waals surface area contributed by atoms with E-state index in [2.05, 4.69) is 13.8 Å². The van der Waals surface area contributed by atoms with Gasteiger partial charge in [0.2, 0.25) is 0 Å². The van der Waals surface area contributed by atoms with Gasteiger partial charge in [-0.1, -0.05) is 90.9 Å². The molecule has 0 aromatic carbocycles. The molecule has 22 heavy (non-hydrogen) atoms. The SMILES string of the molecule is CCC(C)CCCCCCCCCCCCCOCCCO. The molecule has 0 aliphatic carbocycles. The molecule has 2 nitrogen and oxygen atoms in total. The van der Waals surface area contributed by atoms with Crippen LogP contribution in [0.3, 0.4) is 0 Å². The van der Waals surface area contributed by atoms with Crippen LogP contribution < -0.4 is 0 Å². The van der Waals surface area contributed by atoms with Crippen LogP contribution in [0.4, 0.5) is 0 Å². The van der Waals surface area contributed by atoms with E-state index < -0.39 is 0 Å². The second-order valence-electron chi connectivity index (χ2n) is 6.88. The van der Waals surface area contributed by atoms with Gasteiger partial charge < -0.3 is 9.84 Å². The molecular weight excluding hydrogens is 272 g/mol. The van der Waals surface area contributed by atoms with E-state index in [1.807, 2.05) is 0 Å². The zero-order chi connectivity index (χ0) is 16.3. The van der Waals surface area contributed by atoms with E-state index in [-0.39, 0.29) is 6.61 Å². The molecule has 1 unspecified atom stereocenters. The Morgan fingerprint density at radius 1 is 0.682 bits per heavy atom. The predicted octanol–water partition coefficient (Wildman–Crippen LogP) is 6.11. The van der Waals surface area contributed by atoms with Crippen LogP contribution in [0, 0.1) is 5.92 Å². The van der Waals surface area contributed by atoms with Gasteiger partial charge in [-0.3, -0.25) is 0 Å². The average Bonchev–Trinajstić information content (AvgIpc) is 2.54. The summed E-state index contributed by atoms with van der Waals surface area (Å²) < 4.78 is 5.43. The Hall–Kier alpha value is -0.0800. The lowest BCUT2D eigenvalue weighted by atomic mass is 9.99. The molecule has 0 fully saturated rings. The van der Waals surface area contributed by atoms with E-state index >= 15 is 0 Å². The third kappa shape index (κ3) is 18.0. The average molecular weight is 315 g/mol. The smallest absolute Gasteiger partial charge is 0.0487 e. The third-order valence-electron chi connectivity index (χ3n) is 4.63. The topological polar surface area (TPSA) is 29.5 Å². The fraction of sp³-hybridized carbons (Fsp3) is 1.00. The number of hydrogen-bond acceptors (Lipinski definition) is 2. The molecule has 0 amide bonds. The molecule has 0 saturated heterocycles. The molecule has 0 aromatic heterocycles. The summed E-state index contributed by atoms with van der Waals surface area (Å²) in [6.07, 6.45) is 18.8. The van der Waals surface area contributed by atoms with E-state index in [1.165, 1.54) is 83.5 Å². The van der Waals surface area contributed by atoms with Crippen molar-refractivity contribution >= 4 is 0 Å². The van der Waals surface area contributed by atoms with E-state index in [9.17, 15) is 0 Å². The van der Waals surface area contributed by atoms with Crippen LogP contribution in [-0.4, -0.2) is 24.9 Å². The number of ether oxygens (including phenoxy) is 1. The normalized spacial score (nSPS) is 12.7. The number of aliphatic hydroxyl groups is 1. The van der Waals surface area contributed by atoms with Crippen molar-refractivity contribution in [3.63, 3.8) is 0 Å². The van der Waals surface area contributed by atoms with Gasteiger partial charge in [0, 0.05) is 19.8 Å². The molecule has 0 bridgehead atoms. The van der Waals surface area contributed by atoms with Gasteiger partial charge in [0.25, 0.3) is 0 Å². The molecule has 0 radical (unpaired) electrons. The summed E-state index contributed by atoms with van der Waals surface area (Å²) in [4.78, 5) is 0. The maximum atomic E-state index is 8.62. The summed E-state index contributed by atoms with van der Waals surface area (Å²) in [6.45, 7) is 6.51. The molecule has 1 atom stereocenters. The monoisotopic (exact) mass is 314 g/mol. The van der Waals surface area contributed by atoms with Gasteiger partial charge in [-0.15, -0.1) is 0 Å². The van der Waals surface area contributed by atoms with Crippen molar-refractivity contribution in [2.45, 2.75) is 104 Å². The van der Waals surface area contributed by atoms with Gasteiger partial charge in [-0.2, -0.15) is 0 Å². The molecule has 1 N–H and O–H groups in total. The van der Waals surface area contributed by atoms with Gasteiger partial charge in [0.05, 0.1) is 0 Å². The maximum Gasteiger partial charge on any atom is 0.0487 e. The van der Waals surface area contributed by atoms with Crippen molar-refractivity contribution < 1.29 is 9.84 Å². The Morgan fingerprint density at radius 3 is 1.64 bits per heavy atom. The van der Waals surface area contributed by atoms with Gasteiger partial charge in [0.1, 0.15) is 0 Å². The lowest BCUT2D eigenvalue weighted by Crippen LogP contribution is -1.98. The van der Waals surface area contributed by atoms with Crippen molar-refractivity contribution in [2.75, 3.05) is 19.8 Å². The highest BCUT2D eigenvalue weighted by molar-refractivity contribution is 4.52. The van der Waals surface area contributed by atoms with Crippen LogP contribution >= 0.6 is 0 Å². The molecule has 0 rings (SSSR count). The van der Waals surface area contributed by atoms with Crippen LogP contribution in [-0.2, 0) is 4.74 Å². The van der Waals surface area contributed by atoms with Crippen molar-refractivity contribution in [2.24, 2.45) is 5.92 Å². The standard InChI is InChI=1S/C20H42O2/c1-3-20(2)16-13-11-9-7-5-4-6-8-10-12-14-18-22-19-15-17-21/h20-21H,3-19H2,1-2H3. The molecule has 0 aromatic rings. The summed E-state index contributed by atoms with van der Waals surface area (Å²) in [5, 5.41) is 8.62. The predicted molar refractivity (Wildman–Crippen MR) is 97.4 cm³/mol. The van der Waals surface area contributed by atoms with Crippen LogP contribution in [0.2, 0.25) is 0 Å². The fourth-order valence-electron chi connectivity index (χ4n) is 2.76. The molecule has 0 saturated carbocycles. The minimum absolute atomic E-state index is 0.248. The number of aliphatic hydroxyl groups excluding tert-OH is 1. The Kier molecular flexibility index (Phi) is 18.9. The summed E-state index contributed by atoms with van der Waals surface area (Å²) in [6, 6.07) is 0. The zero-order valence-corrected chi connectivity index (χ0v) is 15.5. The first kappa shape index (κ1) is 21.9. The maximum absolute atomic E-state index is 8.62. The van der Waals surface area contributed by atoms with E-state index in [0.29, 0.717) is 6.61 Å². The second-order valence-corrected chi connectivity index (χ2v) is 6.88. The van der Waals surface area contributed by atoms with Crippen molar-refractivity contribution in [1.82, 2.24) is 0 Å². The first-order chi connectivity index (χ1) is 10.8. The lowest BCUT2D eigenvalue weighted by Gasteiger charge is -2.07. The minimum atomic E-state index is 0.248. The van der Waals surface area contributed by atoms with Crippen molar-refractivity contribution in [3.05, 3.63) is 0 Å². The summed E-state index contributed by atoms with van der Waals surface area (Å²) >= 11 is 0. The van der Waals surface area contributed by atoms with Crippen molar-refractivity contribution in [3.8, 4) is 0 Å². The van der Waals surface area contributed by atoms with Crippen LogP contribution in [0.1, 0.15) is 104 Å². The van der Waals surface area contributed by atoms with Gasteiger partial charge in [0.15, 0.2) is 0 Å². The molecule has 0 aliphatic heterocycles. The summed E-state index contributed by atoms with van der Waals surface area (Å²) in [7, 11) is 0. The molecule has 0 heterocycles. The molecular formula is C20H42O2. The summed E-state index contributed by atoms with van der Waals surface area (Å²) in [5.41, 5.74) is 0. The Balaban J connectivity index is 2.97. The molecule has 2 heteroatoms.